The minimum absolute atomic E-state index is 0. The average Bonchev–Trinajstić information content (AvgIpc) is 1.65. The first-order valence-corrected chi connectivity index (χ1v) is 2.19. The van der Waals surface area contributed by atoms with E-state index < -0.39 is 6.10 Å². The molecule has 0 aliphatic heterocycles. The highest BCUT2D eigenvalue weighted by Crippen LogP contribution is 1.81. The SMILES string of the molecule is Cl.OCC(O)CCl. The molecule has 0 bridgehead atoms. The molecule has 2 N–H and O–H groups in total. The zero-order valence-electron chi connectivity index (χ0n) is 3.67. The summed E-state index contributed by atoms with van der Waals surface area (Å²) in [5.41, 5.74) is 0. The van der Waals surface area contributed by atoms with Crippen molar-refractivity contribution in [3.8, 4) is 0 Å². The van der Waals surface area contributed by atoms with E-state index in [1.807, 2.05) is 0 Å². The van der Waals surface area contributed by atoms with Gasteiger partial charge in [-0.1, -0.05) is 0 Å². The summed E-state index contributed by atoms with van der Waals surface area (Å²) in [5, 5.41) is 16.3. The first kappa shape index (κ1) is 10.5. The summed E-state index contributed by atoms with van der Waals surface area (Å²) in [4.78, 5) is 0. The molecular formula is C3H8Cl2O2. The normalized spacial score (nSPS) is 12.4. The van der Waals surface area contributed by atoms with E-state index in [0.717, 1.165) is 0 Å². The van der Waals surface area contributed by atoms with Crippen LogP contribution < -0.4 is 0 Å². The van der Waals surface area contributed by atoms with Gasteiger partial charge in [-0.2, -0.15) is 0 Å². The molecular weight excluding hydrogens is 139 g/mol. The zero-order valence-corrected chi connectivity index (χ0v) is 5.24. The summed E-state index contributed by atoms with van der Waals surface area (Å²) in [6.45, 7) is -0.247. The summed E-state index contributed by atoms with van der Waals surface area (Å²) < 4.78 is 0. The van der Waals surface area contributed by atoms with E-state index in [-0.39, 0.29) is 24.9 Å². The Morgan fingerprint density at radius 3 is 2.00 bits per heavy atom. The third-order valence-electron chi connectivity index (χ3n) is 0.389. The summed E-state index contributed by atoms with van der Waals surface area (Å²) in [5.74, 6) is 0.108. The molecule has 0 aromatic carbocycles. The van der Waals surface area contributed by atoms with E-state index in [2.05, 4.69) is 0 Å². The van der Waals surface area contributed by atoms with Crippen LogP contribution in [0, 0.1) is 0 Å². The number of aliphatic hydroxyl groups is 2. The Kier molecular flexibility index (Phi) is 9.73. The minimum Gasteiger partial charge on any atom is -0.394 e. The molecule has 0 saturated carbocycles. The Morgan fingerprint density at radius 2 is 2.00 bits per heavy atom. The molecule has 46 valence electrons. The smallest absolute Gasteiger partial charge is 0.0905 e. The van der Waals surface area contributed by atoms with Crippen LogP contribution in [0.3, 0.4) is 0 Å². The van der Waals surface area contributed by atoms with Gasteiger partial charge in [0.1, 0.15) is 0 Å². The number of hydrogen-bond acceptors (Lipinski definition) is 2. The van der Waals surface area contributed by atoms with Crippen LogP contribution in [0.1, 0.15) is 0 Å². The van der Waals surface area contributed by atoms with Crippen LogP contribution in [0.4, 0.5) is 0 Å². The van der Waals surface area contributed by atoms with Gasteiger partial charge in [0.05, 0.1) is 18.6 Å². The lowest BCUT2D eigenvalue weighted by Gasteiger charge is -1.95. The van der Waals surface area contributed by atoms with E-state index in [0.29, 0.717) is 0 Å². The Balaban J connectivity index is 0. The van der Waals surface area contributed by atoms with Gasteiger partial charge in [-0.3, -0.25) is 0 Å². The zero-order chi connectivity index (χ0) is 4.99. The van der Waals surface area contributed by atoms with Crippen molar-refractivity contribution in [3.05, 3.63) is 0 Å². The molecule has 0 aliphatic carbocycles. The van der Waals surface area contributed by atoms with E-state index in [1.165, 1.54) is 0 Å². The average molecular weight is 147 g/mol. The molecule has 2 nitrogen and oxygen atoms in total. The van der Waals surface area contributed by atoms with Crippen molar-refractivity contribution in [2.45, 2.75) is 6.10 Å². The lowest BCUT2D eigenvalue weighted by molar-refractivity contribution is 0.112. The van der Waals surface area contributed by atoms with Gasteiger partial charge in [0, 0.05) is 0 Å². The highest BCUT2D eigenvalue weighted by molar-refractivity contribution is 6.18. The Hall–Kier alpha value is 0.500. The van der Waals surface area contributed by atoms with Crippen LogP contribution >= 0.6 is 24.0 Å². The molecule has 0 fully saturated rings. The van der Waals surface area contributed by atoms with Crippen LogP contribution in [0.25, 0.3) is 0 Å². The van der Waals surface area contributed by atoms with E-state index >= 15 is 0 Å². The van der Waals surface area contributed by atoms with Gasteiger partial charge in [0.2, 0.25) is 0 Å². The second kappa shape index (κ2) is 6.50. The predicted molar refractivity (Wildman–Crippen MR) is 31.1 cm³/mol. The Morgan fingerprint density at radius 1 is 1.57 bits per heavy atom. The Bertz CT molecular complexity index is 30.1. The van der Waals surface area contributed by atoms with Crippen molar-refractivity contribution in [1.29, 1.82) is 0 Å². The van der Waals surface area contributed by atoms with E-state index in [4.69, 9.17) is 21.8 Å². The van der Waals surface area contributed by atoms with Crippen LogP contribution in [-0.2, 0) is 0 Å². The van der Waals surface area contributed by atoms with Crippen molar-refractivity contribution in [2.24, 2.45) is 0 Å². The maximum Gasteiger partial charge on any atom is 0.0905 e. The molecule has 4 heteroatoms. The van der Waals surface area contributed by atoms with Crippen molar-refractivity contribution in [1.82, 2.24) is 0 Å². The van der Waals surface area contributed by atoms with Gasteiger partial charge < -0.3 is 10.2 Å². The standard InChI is InChI=1S/C3H7ClO2.ClH/c4-1-3(6)2-5;/h3,5-6H,1-2H2;1H. The molecule has 0 heterocycles. The molecule has 0 rings (SSSR count). The molecule has 0 aromatic rings. The monoisotopic (exact) mass is 146 g/mol. The van der Waals surface area contributed by atoms with Crippen molar-refractivity contribution < 1.29 is 10.2 Å². The molecule has 0 aliphatic rings. The van der Waals surface area contributed by atoms with Crippen LogP contribution in [0.5, 0.6) is 0 Å². The summed E-state index contributed by atoms with van der Waals surface area (Å²) in [6, 6.07) is 0. The molecule has 0 radical (unpaired) electrons. The van der Waals surface area contributed by atoms with Gasteiger partial charge in [-0.15, -0.1) is 24.0 Å². The second-order valence-corrected chi connectivity index (χ2v) is 1.30. The summed E-state index contributed by atoms with van der Waals surface area (Å²) in [7, 11) is 0. The summed E-state index contributed by atoms with van der Waals surface area (Å²) in [6.07, 6.45) is -0.744. The van der Waals surface area contributed by atoms with Crippen molar-refractivity contribution in [3.63, 3.8) is 0 Å². The molecule has 0 saturated heterocycles. The minimum atomic E-state index is -0.744. The van der Waals surface area contributed by atoms with Crippen LogP contribution in [0.2, 0.25) is 0 Å². The number of hydrogen-bond donors (Lipinski definition) is 2. The van der Waals surface area contributed by atoms with Gasteiger partial charge >= 0.3 is 0 Å². The first-order valence-electron chi connectivity index (χ1n) is 1.66. The first-order chi connectivity index (χ1) is 2.81. The van der Waals surface area contributed by atoms with E-state index in [1.54, 1.807) is 0 Å². The molecule has 0 amide bonds. The fraction of sp³-hybridized carbons (Fsp3) is 1.00. The largest absolute Gasteiger partial charge is 0.394 e. The lowest BCUT2D eigenvalue weighted by Crippen LogP contribution is -2.12. The third-order valence-corrected chi connectivity index (χ3v) is 0.745. The predicted octanol–water partition coefficient (Wildman–Crippen LogP) is 0.000200. The number of aliphatic hydroxyl groups excluding tert-OH is 2. The fourth-order valence-corrected chi connectivity index (χ4v) is 0.146. The quantitative estimate of drug-likeness (QED) is 0.539. The van der Waals surface area contributed by atoms with Crippen molar-refractivity contribution in [2.75, 3.05) is 12.5 Å². The number of alkyl halides is 1. The van der Waals surface area contributed by atoms with Gasteiger partial charge in [0.25, 0.3) is 0 Å². The van der Waals surface area contributed by atoms with Crippen LogP contribution in [-0.4, -0.2) is 28.8 Å². The fourth-order valence-electron chi connectivity index (χ4n) is 0.0488. The van der Waals surface area contributed by atoms with Crippen molar-refractivity contribution >= 4 is 24.0 Å². The second-order valence-electron chi connectivity index (χ2n) is 0.991. The Labute approximate surface area is 53.5 Å². The summed E-state index contributed by atoms with van der Waals surface area (Å²) >= 11 is 5.04. The highest BCUT2D eigenvalue weighted by Gasteiger charge is 1.94. The van der Waals surface area contributed by atoms with Gasteiger partial charge in [-0.25, -0.2) is 0 Å². The molecule has 1 unspecified atom stereocenters. The molecule has 7 heavy (non-hydrogen) atoms. The van der Waals surface area contributed by atoms with Gasteiger partial charge in [-0.05, 0) is 0 Å². The maximum absolute atomic E-state index is 8.28. The van der Waals surface area contributed by atoms with Gasteiger partial charge in [0.15, 0.2) is 0 Å². The maximum atomic E-state index is 8.28. The van der Waals surface area contributed by atoms with Crippen LogP contribution in [0.15, 0.2) is 0 Å². The lowest BCUT2D eigenvalue weighted by atomic mass is 10.5. The third kappa shape index (κ3) is 6.50. The molecule has 1 atom stereocenters. The number of halogens is 2. The topological polar surface area (TPSA) is 40.5 Å². The van der Waals surface area contributed by atoms with E-state index in [9.17, 15) is 0 Å². The molecule has 0 aromatic heterocycles. The highest BCUT2D eigenvalue weighted by atomic mass is 35.5. The number of rotatable bonds is 2. The molecule has 0 spiro atoms.